The molecule has 2 fully saturated rings. The molecule has 2 aliphatic heterocycles. The molecule has 21 heavy (non-hydrogen) atoms. The second-order valence-corrected chi connectivity index (χ2v) is 7.82. The molecular weight excluding hydrogens is 290 g/mol. The van der Waals surface area contributed by atoms with Crippen LogP contribution in [-0.2, 0) is 15.0 Å². The van der Waals surface area contributed by atoms with Gasteiger partial charge in [-0.1, -0.05) is 12.8 Å². The Bertz CT molecular complexity index is 436. The van der Waals surface area contributed by atoms with Crippen LogP contribution >= 0.6 is 0 Å². The molecule has 0 spiro atoms. The second kappa shape index (κ2) is 7.56. The monoisotopic (exact) mass is 317 g/mol. The van der Waals surface area contributed by atoms with E-state index in [-0.39, 0.29) is 11.8 Å². The Morgan fingerprint density at radius 3 is 2.05 bits per heavy atom. The zero-order valence-corrected chi connectivity index (χ0v) is 13.7. The Labute approximate surface area is 128 Å². The van der Waals surface area contributed by atoms with Crippen LogP contribution in [-0.4, -0.2) is 55.7 Å². The van der Waals surface area contributed by atoms with Gasteiger partial charge in [-0.15, -0.1) is 0 Å². The molecule has 2 rings (SSSR count). The molecule has 0 radical (unpaired) electrons. The first-order valence-corrected chi connectivity index (χ1v) is 9.48. The summed E-state index contributed by atoms with van der Waals surface area (Å²) in [7, 11) is -3.33. The Kier molecular flexibility index (Phi) is 6.01. The lowest BCUT2D eigenvalue weighted by molar-refractivity contribution is -0.126. The lowest BCUT2D eigenvalue weighted by Gasteiger charge is -2.34. The van der Waals surface area contributed by atoms with Gasteiger partial charge in [-0.05, 0) is 32.6 Å². The average molecular weight is 317 g/mol. The highest BCUT2D eigenvalue weighted by Gasteiger charge is 2.34. The topological polar surface area (TPSA) is 69.7 Å². The Hall–Kier alpha value is -0.660. The van der Waals surface area contributed by atoms with E-state index in [1.54, 1.807) is 8.61 Å². The number of piperidine rings is 1. The fourth-order valence-electron chi connectivity index (χ4n) is 3.10. The van der Waals surface area contributed by atoms with Crippen molar-refractivity contribution in [3.05, 3.63) is 0 Å². The van der Waals surface area contributed by atoms with E-state index in [4.69, 9.17) is 0 Å². The van der Waals surface area contributed by atoms with E-state index >= 15 is 0 Å². The third kappa shape index (κ3) is 4.17. The lowest BCUT2D eigenvalue weighted by atomic mass is 9.97. The molecule has 2 saturated heterocycles. The Morgan fingerprint density at radius 1 is 1.00 bits per heavy atom. The van der Waals surface area contributed by atoms with Gasteiger partial charge in [-0.3, -0.25) is 4.79 Å². The first kappa shape index (κ1) is 16.7. The molecule has 0 aromatic rings. The summed E-state index contributed by atoms with van der Waals surface area (Å²) in [6, 6.07) is 0. The minimum atomic E-state index is -3.33. The van der Waals surface area contributed by atoms with Crippen molar-refractivity contribution in [3.8, 4) is 0 Å². The lowest BCUT2D eigenvalue weighted by Crippen LogP contribution is -2.49. The number of amides is 1. The minimum absolute atomic E-state index is 0.0412. The van der Waals surface area contributed by atoms with Gasteiger partial charge in [-0.2, -0.15) is 17.0 Å². The van der Waals surface area contributed by atoms with Crippen molar-refractivity contribution in [2.24, 2.45) is 5.92 Å². The maximum Gasteiger partial charge on any atom is 0.281 e. The number of carbonyl (C=O) groups is 1. The normalized spacial score (nSPS) is 23.7. The summed E-state index contributed by atoms with van der Waals surface area (Å²) in [5.74, 6) is 0.0184. The van der Waals surface area contributed by atoms with E-state index in [1.807, 2.05) is 6.92 Å². The maximum absolute atomic E-state index is 12.6. The fourth-order valence-corrected chi connectivity index (χ4v) is 4.82. The van der Waals surface area contributed by atoms with Crippen molar-refractivity contribution in [2.75, 3.05) is 32.7 Å². The third-order valence-corrected chi connectivity index (χ3v) is 6.43. The summed E-state index contributed by atoms with van der Waals surface area (Å²) < 4.78 is 28.5. The maximum atomic E-state index is 12.6. The highest BCUT2D eigenvalue weighted by Crippen LogP contribution is 2.23. The van der Waals surface area contributed by atoms with Crippen molar-refractivity contribution in [2.45, 2.75) is 45.4 Å². The molecule has 0 aliphatic carbocycles. The molecule has 7 heteroatoms. The molecule has 0 unspecified atom stereocenters. The van der Waals surface area contributed by atoms with Crippen LogP contribution in [0.4, 0.5) is 0 Å². The van der Waals surface area contributed by atoms with E-state index in [9.17, 15) is 13.2 Å². The molecule has 1 N–H and O–H groups in total. The smallest absolute Gasteiger partial charge is 0.281 e. The van der Waals surface area contributed by atoms with E-state index in [0.29, 0.717) is 45.6 Å². The number of rotatable bonds is 4. The van der Waals surface area contributed by atoms with Crippen molar-refractivity contribution in [1.29, 1.82) is 0 Å². The van der Waals surface area contributed by atoms with Gasteiger partial charge in [0.25, 0.3) is 10.2 Å². The zero-order chi connectivity index (χ0) is 15.3. The second-order valence-electron chi connectivity index (χ2n) is 5.89. The van der Waals surface area contributed by atoms with Crippen LogP contribution in [0.25, 0.3) is 0 Å². The molecule has 0 saturated carbocycles. The zero-order valence-electron chi connectivity index (χ0n) is 12.9. The predicted octanol–water partition coefficient (Wildman–Crippen LogP) is 0.955. The van der Waals surface area contributed by atoms with Crippen LogP contribution in [0.15, 0.2) is 0 Å². The number of hydrogen-bond acceptors (Lipinski definition) is 3. The van der Waals surface area contributed by atoms with Gasteiger partial charge >= 0.3 is 0 Å². The van der Waals surface area contributed by atoms with Crippen LogP contribution in [0.1, 0.15) is 45.4 Å². The van der Waals surface area contributed by atoms with Gasteiger partial charge in [0.1, 0.15) is 0 Å². The SMILES string of the molecule is CCNC(=O)C1CCN(S(=O)(=O)N2CCCCCC2)CC1. The van der Waals surface area contributed by atoms with Crippen molar-refractivity contribution >= 4 is 16.1 Å². The van der Waals surface area contributed by atoms with Gasteiger partial charge in [0.15, 0.2) is 0 Å². The van der Waals surface area contributed by atoms with Crippen molar-refractivity contribution in [3.63, 3.8) is 0 Å². The molecule has 0 aromatic heterocycles. The number of nitrogens with zero attached hydrogens (tertiary/aromatic N) is 2. The summed E-state index contributed by atoms with van der Waals surface area (Å²) in [5.41, 5.74) is 0. The van der Waals surface area contributed by atoms with Gasteiger partial charge in [0.2, 0.25) is 5.91 Å². The number of nitrogens with one attached hydrogen (secondary N) is 1. The fraction of sp³-hybridized carbons (Fsp3) is 0.929. The summed E-state index contributed by atoms with van der Waals surface area (Å²) in [6.45, 7) is 4.72. The molecular formula is C14H27N3O3S. The van der Waals surface area contributed by atoms with E-state index in [2.05, 4.69) is 5.32 Å². The van der Waals surface area contributed by atoms with E-state index in [0.717, 1.165) is 25.7 Å². The standard InChI is InChI=1S/C14H27N3O3S/c1-2-15-14(18)13-7-11-17(12-8-13)21(19,20)16-9-5-3-4-6-10-16/h13H,2-12H2,1H3,(H,15,18). The summed E-state index contributed by atoms with van der Waals surface area (Å²) in [6.07, 6.45) is 5.39. The van der Waals surface area contributed by atoms with Crippen LogP contribution in [0, 0.1) is 5.92 Å². The summed E-state index contributed by atoms with van der Waals surface area (Å²) >= 11 is 0. The predicted molar refractivity (Wildman–Crippen MR) is 81.9 cm³/mol. The highest BCUT2D eigenvalue weighted by molar-refractivity contribution is 7.86. The molecule has 0 aromatic carbocycles. The highest BCUT2D eigenvalue weighted by atomic mass is 32.2. The summed E-state index contributed by atoms with van der Waals surface area (Å²) in [5, 5.41) is 2.82. The van der Waals surface area contributed by atoms with Crippen LogP contribution in [0.2, 0.25) is 0 Å². The molecule has 6 nitrogen and oxygen atoms in total. The van der Waals surface area contributed by atoms with Crippen molar-refractivity contribution in [1.82, 2.24) is 13.9 Å². The third-order valence-electron chi connectivity index (χ3n) is 4.39. The van der Waals surface area contributed by atoms with Crippen LogP contribution < -0.4 is 5.32 Å². The van der Waals surface area contributed by atoms with Crippen LogP contribution in [0.3, 0.4) is 0 Å². The molecule has 1 amide bonds. The first-order valence-electron chi connectivity index (χ1n) is 8.08. The van der Waals surface area contributed by atoms with Crippen molar-refractivity contribution < 1.29 is 13.2 Å². The van der Waals surface area contributed by atoms with E-state index < -0.39 is 10.2 Å². The van der Waals surface area contributed by atoms with Gasteiger partial charge in [0.05, 0.1) is 0 Å². The van der Waals surface area contributed by atoms with Crippen LogP contribution in [0.5, 0.6) is 0 Å². The van der Waals surface area contributed by atoms with Gasteiger partial charge in [-0.25, -0.2) is 0 Å². The van der Waals surface area contributed by atoms with E-state index in [1.165, 1.54) is 0 Å². The number of hydrogen-bond donors (Lipinski definition) is 1. The quantitative estimate of drug-likeness (QED) is 0.839. The van der Waals surface area contributed by atoms with Gasteiger partial charge < -0.3 is 5.32 Å². The molecule has 2 aliphatic rings. The molecule has 0 bridgehead atoms. The Balaban J connectivity index is 1.92. The number of carbonyl (C=O) groups excluding carboxylic acids is 1. The molecule has 0 atom stereocenters. The Morgan fingerprint density at radius 2 is 1.52 bits per heavy atom. The largest absolute Gasteiger partial charge is 0.356 e. The average Bonchev–Trinajstić information content (AvgIpc) is 2.77. The minimum Gasteiger partial charge on any atom is -0.356 e. The molecule has 2 heterocycles. The molecule has 122 valence electrons. The summed E-state index contributed by atoms with van der Waals surface area (Å²) in [4.78, 5) is 11.8. The van der Waals surface area contributed by atoms with Gasteiger partial charge in [0, 0.05) is 38.6 Å². The first-order chi connectivity index (χ1) is 10.1.